The van der Waals surface area contributed by atoms with Crippen LogP contribution in [0.2, 0.25) is 0 Å². The van der Waals surface area contributed by atoms with Crippen molar-refractivity contribution in [3.8, 4) is 0 Å². The second kappa shape index (κ2) is 5.70. The molecule has 0 aromatic heterocycles. The summed E-state index contributed by atoms with van der Waals surface area (Å²) >= 11 is 3.33. The minimum Gasteiger partial charge on any atom is -0.325 e. The van der Waals surface area contributed by atoms with E-state index in [1.165, 1.54) is 25.3 Å². The minimum atomic E-state index is -0.196. The Morgan fingerprint density at radius 1 is 1.39 bits per heavy atom. The zero-order chi connectivity index (χ0) is 13.2. The Morgan fingerprint density at radius 2 is 2.17 bits per heavy atom. The van der Waals surface area contributed by atoms with Crippen molar-refractivity contribution in [1.82, 2.24) is 0 Å². The van der Waals surface area contributed by atoms with Crippen LogP contribution in [-0.2, 0) is 6.42 Å². The molecule has 2 unspecified atom stereocenters. The van der Waals surface area contributed by atoms with Crippen molar-refractivity contribution in [1.29, 1.82) is 0 Å². The van der Waals surface area contributed by atoms with Crippen LogP contribution in [0.4, 0.5) is 4.39 Å². The van der Waals surface area contributed by atoms with Gasteiger partial charge in [-0.25, -0.2) is 4.39 Å². The lowest BCUT2D eigenvalue weighted by atomic mass is 9.84. The molecule has 0 aliphatic heterocycles. The molecule has 0 spiro atoms. The van der Waals surface area contributed by atoms with Crippen LogP contribution < -0.4 is 5.73 Å². The van der Waals surface area contributed by atoms with Crippen molar-refractivity contribution in [2.45, 2.75) is 51.0 Å². The first kappa shape index (κ1) is 14.0. The predicted molar refractivity (Wildman–Crippen MR) is 77.0 cm³/mol. The average molecular weight is 314 g/mol. The van der Waals surface area contributed by atoms with Gasteiger partial charge in [0.1, 0.15) is 5.82 Å². The first-order valence-electron chi connectivity index (χ1n) is 6.72. The Kier molecular flexibility index (Phi) is 4.44. The molecule has 100 valence electrons. The van der Waals surface area contributed by atoms with E-state index in [1.807, 2.05) is 6.07 Å². The molecule has 1 aliphatic carbocycles. The average Bonchev–Trinajstić information content (AvgIpc) is 2.48. The molecular formula is C15H21BrFN. The summed E-state index contributed by atoms with van der Waals surface area (Å²) in [4.78, 5) is 0. The van der Waals surface area contributed by atoms with Crippen LogP contribution in [0.25, 0.3) is 0 Å². The van der Waals surface area contributed by atoms with E-state index in [-0.39, 0.29) is 11.4 Å². The monoisotopic (exact) mass is 313 g/mol. The normalized spacial score (nSPS) is 29.0. The lowest BCUT2D eigenvalue weighted by Gasteiger charge is -2.28. The maximum Gasteiger partial charge on any atom is 0.137 e. The highest BCUT2D eigenvalue weighted by atomic mass is 79.9. The van der Waals surface area contributed by atoms with Crippen molar-refractivity contribution in [2.24, 2.45) is 11.7 Å². The van der Waals surface area contributed by atoms with Gasteiger partial charge in [0.15, 0.2) is 0 Å². The van der Waals surface area contributed by atoms with Crippen molar-refractivity contribution >= 4 is 15.9 Å². The molecular weight excluding hydrogens is 293 g/mol. The van der Waals surface area contributed by atoms with E-state index in [0.717, 1.165) is 30.7 Å². The molecule has 1 fully saturated rings. The van der Waals surface area contributed by atoms with Crippen molar-refractivity contribution < 1.29 is 4.39 Å². The van der Waals surface area contributed by atoms with E-state index in [9.17, 15) is 4.39 Å². The van der Waals surface area contributed by atoms with Crippen LogP contribution >= 0.6 is 15.9 Å². The Labute approximate surface area is 117 Å². The number of rotatable bonds is 2. The molecule has 0 saturated heterocycles. The summed E-state index contributed by atoms with van der Waals surface area (Å²) in [5.74, 6) is 0.574. The number of nitrogens with two attached hydrogens (primary N) is 1. The van der Waals surface area contributed by atoms with E-state index in [1.54, 1.807) is 6.07 Å². The van der Waals surface area contributed by atoms with Crippen LogP contribution in [0, 0.1) is 11.7 Å². The molecule has 0 heterocycles. The SMILES string of the molecule is CC1CCCC(N)(Cc2cccc(F)c2Br)CC1. The molecule has 2 atom stereocenters. The Hall–Kier alpha value is -0.410. The van der Waals surface area contributed by atoms with Gasteiger partial charge < -0.3 is 5.73 Å². The van der Waals surface area contributed by atoms with Crippen molar-refractivity contribution in [3.05, 3.63) is 34.1 Å². The zero-order valence-electron chi connectivity index (χ0n) is 10.9. The number of benzene rings is 1. The topological polar surface area (TPSA) is 26.0 Å². The van der Waals surface area contributed by atoms with E-state index in [2.05, 4.69) is 22.9 Å². The quantitative estimate of drug-likeness (QED) is 0.803. The van der Waals surface area contributed by atoms with Crippen LogP contribution in [0.1, 0.15) is 44.6 Å². The molecule has 0 amide bonds. The van der Waals surface area contributed by atoms with Crippen LogP contribution in [-0.4, -0.2) is 5.54 Å². The fraction of sp³-hybridized carbons (Fsp3) is 0.600. The van der Waals surface area contributed by atoms with E-state index in [0.29, 0.717) is 4.47 Å². The molecule has 2 rings (SSSR count). The van der Waals surface area contributed by atoms with Crippen molar-refractivity contribution in [2.75, 3.05) is 0 Å². The van der Waals surface area contributed by atoms with Gasteiger partial charge in [0.05, 0.1) is 4.47 Å². The minimum absolute atomic E-state index is 0.166. The first-order valence-corrected chi connectivity index (χ1v) is 7.51. The molecule has 1 aromatic rings. The van der Waals surface area contributed by atoms with E-state index in [4.69, 9.17) is 5.73 Å². The number of hydrogen-bond donors (Lipinski definition) is 1. The van der Waals surface area contributed by atoms with Gasteiger partial charge in [-0.3, -0.25) is 0 Å². The first-order chi connectivity index (χ1) is 8.50. The highest BCUT2D eigenvalue weighted by Crippen LogP contribution is 2.33. The lowest BCUT2D eigenvalue weighted by Crippen LogP contribution is -2.41. The molecule has 2 N–H and O–H groups in total. The Morgan fingerprint density at radius 3 is 2.94 bits per heavy atom. The summed E-state index contributed by atoms with van der Waals surface area (Å²) in [5.41, 5.74) is 7.36. The van der Waals surface area contributed by atoms with Gasteiger partial charge in [-0.15, -0.1) is 0 Å². The fourth-order valence-corrected chi connectivity index (χ4v) is 3.25. The van der Waals surface area contributed by atoms with Gasteiger partial charge in [0.2, 0.25) is 0 Å². The number of hydrogen-bond acceptors (Lipinski definition) is 1. The molecule has 1 aliphatic rings. The molecule has 3 heteroatoms. The van der Waals surface area contributed by atoms with E-state index < -0.39 is 0 Å². The zero-order valence-corrected chi connectivity index (χ0v) is 12.5. The lowest BCUT2D eigenvalue weighted by molar-refractivity contribution is 0.362. The predicted octanol–water partition coefficient (Wildman–Crippen LogP) is 4.43. The van der Waals surface area contributed by atoms with Gasteiger partial charge in [0, 0.05) is 5.54 Å². The summed E-state index contributed by atoms with van der Waals surface area (Å²) in [6.45, 7) is 2.30. The van der Waals surface area contributed by atoms with Crippen LogP contribution in [0.5, 0.6) is 0 Å². The highest BCUT2D eigenvalue weighted by Gasteiger charge is 2.29. The van der Waals surface area contributed by atoms with Crippen molar-refractivity contribution in [3.63, 3.8) is 0 Å². The summed E-state index contributed by atoms with van der Waals surface area (Å²) in [5, 5.41) is 0. The second-order valence-corrected chi connectivity index (χ2v) is 6.58. The third-order valence-electron chi connectivity index (χ3n) is 4.08. The highest BCUT2D eigenvalue weighted by molar-refractivity contribution is 9.10. The van der Waals surface area contributed by atoms with Crippen LogP contribution in [0.15, 0.2) is 22.7 Å². The smallest absolute Gasteiger partial charge is 0.137 e. The van der Waals surface area contributed by atoms with Gasteiger partial charge >= 0.3 is 0 Å². The largest absolute Gasteiger partial charge is 0.325 e. The molecule has 0 bridgehead atoms. The molecule has 18 heavy (non-hydrogen) atoms. The van der Waals surface area contributed by atoms with E-state index >= 15 is 0 Å². The summed E-state index contributed by atoms with van der Waals surface area (Å²) < 4.78 is 14.1. The van der Waals surface area contributed by atoms with Gasteiger partial charge in [-0.2, -0.15) is 0 Å². The maximum atomic E-state index is 13.5. The second-order valence-electron chi connectivity index (χ2n) is 5.79. The Balaban J connectivity index is 2.14. The summed E-state index contributed by atoms with van der Waals surface area (Å²) in [7, 11) is 0. The Bertz CT molecular complexity index is 421. The summed E-state index contributed by atoms with van der Waals surface area (Å²) in [6.07, 6.45) is 6.48. The fourth-order valence-electron chi connectivity index (χ4n) is 2.85. The number of halogens is 2. The third kappa shape index (κ3) is 3.33. The molecule has 1 saturated carbocycles. The molecule has 1 nitrogen and oxygen atoms in total. The van der Waals surface area contributed by atoms with Crippen LogP contribution in [0.3, 0.4) is 0 Å². The third-order valence-corrected chi connectivity index (χ3v) is 4.97. The summed E-state index contributed by atoms with van der Waals surface area (Å²) in [6, 6.07) is 5.21. The standard InChI is InChI=1S/C15H21BrFN/c1-11-4-3-8-15(18,9-7-11)10-12-5-2-6-13(17)14(12)16/h2,5-6,11H,3-4,7-10,18H2,1H3. The molecule has 0 radical (unpaired) electrons. The van der Waals surface area contributed by atoms with Gasteiger partial charge in [-0.1, -0.05) is 31.9 Å². The maximum absolute atomic E-state index is 13.5. The van der Waals surface area contributed by atoms with Gasteiger partial charge in [-0.05, 0) is 59.2 Å². The molecule has 1 aromatic carbocycles. The van der Waals surface area contributed by atoms with Gasteiger partial charge in [0.25, 0.3) is 0 Å².